The normalized spacial score (nSPS) is 18.0. The van der Waals surface area contributed by atoms with Gasteiger partial charge >= 0.3 is 0 Å². The molecule has 2 rings (SSSR count). The fourth-order valence-corrected chi connectivity index (χ4v) is 2.85. The predicted molar refractivity (Wildman–Crippen MR) is 65.6 cm³/mol. The summed E-state index contributed by atoms with van der Waals surface area (Å²) < 4.78 is 5.31. The summed E-state index contributed by atoms with van der Waals surface area (Å²) in [4.78, 5) is 0. The van der Waals surface area contributed by atoms with Crippen LogP contribution < -0.4 is 4.74 Å². The van der Waals surface area contributed by atoms with Crippen LogP contribution >= 0.6 is 23.2 Å². The molecule has 16 heavy (non-hydrogen) atoms. The van der Waals surface area contributed by atoms with E-state index in [-0.39, 0.29) is 12.0 Å². The number of ether oxygens (including phenoxy) is 1. The van der Waals surface area contributed by atoms with E-state index in [1.54, 1.807) is 13.2 Å². The molecule has 0 radical (unpaired) electrons. The molecule has 1 fully saturated rings. The van der Waals surface area contributed by atoms with E-state index >= 15 is 0 Å². The predicted octanol–water partition coefficient (Wildman–Crippen LogP) is 3.42. The maximum atomic E-state index is 9.55. The van der Waals surface area contributed by atoms with E-state index < -0.39 is 0 Å². The van der Waals surface area contributed by atoms with Gasteiger partial charge in [0.05, 0.1) is 18.7 Å². The summed E-state index contributed by atoms with van der Waals surface area (Å²) >= 11 is 12.1. The van der Waals surface area contributed by atoms with Gasteiger partial charge in [-0.3, -0.25) is 0 Å². The average Bonchev–Trinajstić information content (AvgIpc) is 2.16. The fraction of sp³-hybridized carbons (Fsp3) is 0.500. The summed E-state index contributed by atoms with van der Waals surface area (Å²) in [6.45, 7) is 0.111. The molecule has 0 bridgehead atoms. The molecule has 4 heteroatoms. The molecule has 0 saturated heterocycles. The molecular weight excluding hydrogens is 247 g/mol. The third kappa shape index (κ3) is 1.79. The number of rotatable bonds is 3. The minimum Gasteiger partial charge on any atom is -0.495 e. The van der Waals surface area contributed by atoms with Gasteiger partial charge in [0.15, 0.2) is 0 Å². The second kappa shape index (κ2) is 4.44. The minimum atomic E-state index is -0.208. The summed E-state index contributed by atoms with van der Waals surface area (Å²) in [5, 5.41) is 10.6. The van der Waals surface area contributed by atoms with Crippen molar-refractivity contribution in [3.8, 4) is 5.75 Å². The van der Waals surface area contributed by atoms with E-state index in [2.05, 4.69) is 0 Å². The number of aliphatic hydroxyl groups excluding tert-OH is 1. The number of benzene rings is 1. The molecule has 1 N–H and O–H groups in total. The lowest BCUT2D eigenvalue weighted by Crippen LogP contribution is -2.38. The van der Waals surface area contributed by atoms with Gasteiger partial charge in [-0.1, -0.05) is 29.6 Å². The van der Waals surface area contributed by atoms with E-state index in [0.717, 1.165) is 24.8 Å². The molecule has 0 aliphatic heterocycles. The highest BCUT2D eigenvalue weighted by molar-refractivity contribution is 6.35. The van der Waals surface area contributed by atoms with Crippen molar-refractivity contribution in [2.45, 2.75) is 24.7 Å². The Hall–Kier alpha value is -0.440. The van der Waals surface area contributed by atoms with Crippen molar-refractivity contribution in [3.63, 3.8) is 0 Å². The van der Waals surface area contributed by atoms with Gasteiger partial charge in [-0.2, -0.15) is 0 Å². The van der Waals surface area contributed by atoms with Crippen LogP contribution in [0.3, 0.4) is 0 Å². The molecule has 0 amide bonds. The first-order valence-corrected chi connectivity index (χ1v) is 6.03. The fourth-order valence-electron chi connectivity index (χ4n) is 2.28. The largest absolute Gasteiger partial charge is 0.495 e. The molecule has 0 aromatic heterocycles. The average molecular weight is 261 g/mol. The van der Waals surface area contributed by atoms with E-state index in [0.29, 0.717) is 15.8 Å². The van der Waals surface area contributed by atoms with Crippen molar-refractivity contribution in [3.05, 3.63) is 27.7 Å². The van der Waals surface area contributed by atoms with Gasteiger partial charge in [0, 0.05) is 16.0 Å². The maximum absolute atomic E-state index is 9.55. The number of hydrogen-bond donors (Lipinski definition) is 1. The first-order valence-electron chi connectivity index (χ1n) is 5.27. The SMILES string of the molecule is COc1c(Cl)cc(Cl)cc1C1(CO)CCC1. The van der Waals surface area contributed by atoms with E-state index in [1.165, 1.54) is 0 Å². The summed E-state index contributed by atoms with van der Waals surface area (Å²) in [5.41, 5.74) is 0.723. The van der Waals surface area contributed by atoms with Crippen molar-refractivity contribution in [1.82, 2.24) is 0 Å². The highest BCUT2D eigenvalue weighted by atomic mass is 35.5. The zero-order chi connectivity index (χ0) is 11.8. The van der Waals surface area contributed by atoms with Crippen LogP contribution in [0.5, 0.6) is 5.75 Å². The molecule has 1 aromatic rings. The Labute approximate surface area is 105 Å². The Kier molecular flexibility index (Phi) is 3.34. The molecule has 0 heterocycles. The van der Waals surface area contributed by atoms with Crippen LogP contribution in [0.1, 0.15) is 24.8 Å². The van der Waals surface area contributed by atoms with Crippen LogP contribution in [0.15, 0.2) is 12.1 Å². The maximum Gasteiger partial charge on any atom is 0.141 e. The second-order valence-corrected chi connectivity index (χ2v) is 5.10. The highest BCUT2D eigenvalue weighted by Gasteiger charge is 2.40. The smallest absolute Gasteiger partial charge is 0.141 e. The molecular formula is C12H14Cl2O2. The summed E-state index contributed by atoms with van der Waals surface area (Å²) in [6, 6.07) is 3.51. The standard InChI is InChI=1S/C12H14Cl2O2/c1-16-11-9(5-8(13)6-10(11)14)12(7-15)3-2-4-12/h5-6,15H,2-4,7H2,1H3. The second-order valence-electron chi connectivity index (χ2n) is 4.26. The molecule has 1 aliphatic carbocycles. The molecule has 1 saturated carbocycles. The van der Waals surface area contributed by atoms with Crippen LogP contribution in [-0.4, -0.2) is 18.8 Å². The molecule has 0 unspecified atom stereocenters. The first-order chi connectivity index (χ1) is 7.63. The number of hydrogen-bond acceptors (Lipinski definition) is 2. The van der Waals surface area contributed by atoms with Crippen LogP contribution in [0, 0.1) is 0 Å². The Morgan fingerprint density at radius 3 is 2.50 bits per heavy atom. The van der Waals surface area contributed by atoms with Crippen molar-refractivity contribution in [2.75, 3.05) is 13.7 Å². The summed E-state index contributed by atoms with van der Waals surface area (Å²) in [6.07, 6.45) is 3.03. The third-order valence-corrected chi connectivity index (χ3v) is 3.90. The van der Waals surface area contributed by atoms with Crippen molar-refractivity contribution >= 4 is 23.2 Å². The van der Waals surface area contributed by atoms with Gasteiger partial charge in [0.2, 0.25) is 0 Å². The molecule has 2 nitrogen and oxygen atoms in total. The molecule has 1 aliphatic rings. The topological polar surface area (TPSA) is 29.5 Å². The van der Waals surface area contributed by atoms with Crippen LogP contribution in [0.25, 0.3) is 0 Å². The van der Waals surface area contributed by atoms with Crippen LogP contribution in [0.4, 0.5) is 0 Å². The lowest BCUT2D eigenvalue weighted by atomic mass is 9.65. The van der Waals surface area contributed by atoms with Crippen molar-refractivity contribution < 1.29 is 9.84 Å². The molecule has 0 spiro atoms. The summed E-state index contributed by atoms with van der Waals surface area (Å²) in [5.74, 6) is 0.639. The molecule has 0 atom stereocenters. The Morgan fingerprint density at radius 1 is 1.38 bits per heavy atom. The number of aliphatic hydroxyl groups is 1. The van der Waals surface area contributed by atoms with Gasteiger partial charge in [-0.25, -0.2) is 0 Å². The van der Waals surface area contributed by atoms with Crippen LogP contribution in [-0.2, 0) is 5.41 Å². The third-order valence-electron chi connectivity index (χ3n) is 3.40. The lowest BCUT2D eigenvalue weighted by Gasteiger charge is -2.41. The lowest BCUT2D eigenvalue weighted by molar-refractivity contribution is 0.117. The molecule has 1 aromatic carbocycles. The van der Waals surface area contributed by atoms with Gasteiger partial charge < -0.3 is 9.84 Å². The molecule has 88 valence electrons. The van der Waals surface area contributed by atoms with Gasteiger partial charge in [0.1, 0.15) is 5.75 Å². The zero-order valence-corrected chi connectivity index (χ0v) is 10.6. The number of halogens is 2. The Bertz CT molecular complexity index is 395. The quantitative estimate of drug-likeness (QED) is 0.903. The van der Waals surface area contributed by atoms with E-state index in [1.807, 2.05) is 6.07 Å². The zero-order valence-electron chi connectivity index (χ0n) is 9.09. The number of methoxy groups -OCH3 is 1. The van der Waals surface area contributed by atoms with Crippen LogP contribution in [0.2, 0.25) is 10.0 Å². The van der Waals surface area contributed by atoms with E-state index in [4.69, 9.17) is 27.9 Å². The highest BCUT2D eigenvalue weighted by Crippen LogP contribution is 2.49. The van der Waals surface area contributed by atoms with Crippen molar-refractivity contribution in [1.29, 1.82) is 0 Å². The van der Waals surface area contributed by atoms with Gasteiger partial charge in [0.25, 0.3) is 0 Å². The van der Waals surface area contributed by atoms with Gasteiger partial charge in [-0.15, -0.1) is 0 Å². The van der Waals surface area contributed by atoms with Crippen molar-refractivity contribution in [2.24, 2.45) is 0 Å². The van der Waals surface area contributed by atoms with Gasteiger partial charge in [-0.05, 0) is 25.0 Å². The Balaban J connectivity index is 2.53. The first kappa shape index (κ1) is 12.0. The Morgan fingerprint density at radius 2 is 2.06 bits per heavy atom. The summed E-state index contributed by atoms with van der Waals surface area (Å²) in [7, 11) is 1.59. The van der Waals surface area contributed by atoms with E-state index in [9.17, 15) is 5.11 Å². The minimum absolute atomic E-state index is 0.111. The monoisotopic (exact) mass is 260 g/mol.